The van der Waals surface area contributed by atoms with Gasteiger partial charge in [-0.2, -0.15) is 49.7 Å². The minimum Gasteiger partial charge on any atom is -0.870 e. The summed E-state index contributed by atoms with van der Waals surface area (Å²) < 4.78 is 164. The van der Waals surface area contributed by atoms with Crippen molar-refractivity contribution in [2.45, 2.75) is 26.0 Å². The molecule has 58 heavy (non-hydrogen) atoms. The second-order valence-corrected chi connectivity index (χ2v) is 11.2. The smallest absolute Gasteiger partial charge is 0.870 e. The number of alkyl halides is 9. The minimum absolute atomic E-state index is 0. The molecule has 3 heterocycles. The average Bonchev–Trinajstić information content (AvgIpc) is 3.08. The summed E-state index contributed by atoms with van der Waals surface area (Å²) in [5.74, 6) is -4.45. The van der Waals surface area contributed by atoms with E-state index in [9.17, 15) is 66.7 Å². The third-order valence-electron chi connectivity index (χ3n) is 5.82. The van der Waals surface area contributed by atoms with Gasteiger partial charge in [0.1, 0.15) is 17.1 Å². The van der Waals surface area contributed by atoms with Crippen molar-refractivity contribution in [1.29, 1.82) is 0 Å². The van der Waals surface area contributed by atoms with E-state index in [0.717, 1.165) is 36.4 Å². The molecule has 12 nitrogen and oxygen atoms in total. The molecule has 0 unspecified atom stereocenters. The van der Waals surface area contributed by atoms with Gasteiger partial charge in [0.25, 0.3) is 0 Å². The number of benzene rings is 2. The largest absolute Gasteiger partial charge is 1.00 e. The van der Waals surface area contributed by atoms with Crippen LogP contribution in [-0.4, -0.2) is 60.3 Å². The summed E-state index contributed by atoms with van der Waals surface area (Å²) in [5, 5.41) is 32.9. The number of nitrogens with zero attached hydrogens (tertiary/aromatic N) is 4. The molecule has 3 aromatic heterocycles. The maximum atomic E-state index is 13.0. The van der Waals surface area contributed by atoms with Gasteiger partial charge in [-0.05, 0) is 67.7 Å². The molecule has 0 saturated carbocycles. The molecular formula is C29H21BBr2F13N6NaO6. The van der Waals surface area contributed by atoms with Crippen LogP contribution in [0.4, 0.5) is 57.1 Å². The third kappa shape index (κ3) is 17.1. The molecule has 29 heteroatoms. The Balaban J connectivity index is 0. The van der Waals surface area contributed by atoms with Gasteiger partial charge in [-0.3, -0.25) is 19.8 Å². The van der Waals surface area contributed by atoms with Crippen LogP contribution in [0.25, 0.3) is 11.3 Å². The number of aromatic nitrogens is 6. The number of halogens is 15. The van der Waals surface area contributed by atoms with Crippen LogP contribution in [0, 0.1) is 23.3 Å². The van der Waals surface area contributed by atoms with Crippen LogP contribution >= 0.6 is 31.9 Å². The Morgan fingerprint density at radius 3 is 1.55 bits per heavy atom. The third-order valence-corrected chi connectivity index (χ3v) is 6.94. The van der Waals surface area contributed by atoms with E-state index in [4.69, 9.17) is 10.0 Å². The Kier molecular flexibility index (Phi) is 22.9. The second kappa shape index (κ2) is 23.6. The van der Waals surface area contributed by atoms with Gasteiger partial charge in [-0.15, -0.1) is 10.2 Å². The van der Waals surface area contributed by atoms with E-state index in [1.165, 1.54) is 7.11 Å². The SMILES string of the molecule is C.COc1cc(C(F)(F)F)nnc1Br.O=c1cc(C(F)(F)F)[nH]nc1-c1ccc(F)c(F)c1.O=c1cc(C(F)(F)F)[nH]nc1Br.OB(O)c1ccc(F)c(F)c1.[Na+].[OH-]. The van der Waals surface area contributed by atoms with Crippen molar-refractivity contribution in [2.24, 2.45) is 0 Å². The van der Waals surface area contributed by atoms with Gasteiger partial charge in [-0.1, -0.05) is 13.5 Å². The van der Waals surface area contributed by atoms with Crippen LogP contribution in [0.15, 0.2) is 73.4 Å². The van der Waals surface area contributed by atoms with Crippen LogP contribution in [-0.2, 0) is 18.5 Å². The molecular weight excluding hydrogens is 969 g/mol. The van der Waals surface area contributed by atoms with Gasteiger partial charge in [0.15, 0.2) is 43.9 Å². The summed E-state index contributed by atoms with van der Waals surface area (Å²) in [6.45, 7) is 0. The normalized spacial score (nSPS) is 10.7. The number of ether oxygens (including phenoxy) is 1. The molecule has 0 fully saturated rings. The number of aromatic amines is 2. The zero-order valence-electron chi connectivity index (χ0n) is 27.8. The summed E-state index contributed by atoms with van der Waals surface area (Å²) in [4.78, 5) is 22.1. The van der Waals surface area contributed by atoms with Crippen molar-refractivity contribution in [3.63, 3.8) is 0 Å². The van der Waals surface area contributed by atoms with Crippen LogP contribution in [0.1, 0.15) is 24.5 Å². The molecule has 0 saturated heterocycles. The van der Waals surface area contributed by atoms with Crippen molar-refractivity contribution >= 4 is 44.4 Å². The number of H-pyrrole nitrogens is 2. The summed E-state index contributed by atoms with van der Waals surface area (Å²) >= 11 is 5.57. The zero-order chi connectivity index (χ0) is 42.1. The molecule has 5 N–H and O–H groups in total. The molecule has 5 rings (SSSR count). The zero-order valence-corrected chi connectivity index (χ0v) is 33.0. The fourth-order valence-corrected chi connectivity index (χ4v) is 3.80. The number of nitrogens with one attached hydrogen (secondary N) is 2. The summed E-state index contributed by atoms with van der Waals surface area (Å²) in [6, 6.07) is 6.68. The topological polar surface area (TPSA) is 197 Å². The Labute approximate surface area is 354 Å². The van der Waals surface area contributed by atoms with E-state index < -0.39 is 82.5 Å². The first-order valence-electron chi connectivity index (χ1n) is 13.7. The fraction of sp³-hybridized carbons (Fsp3) is 0.172. The van der Waals surface area contributed by atoms with Gasteiger partial charge in [-0.25, -0.2) is 17.6 Å². The molecule has 0 spiro atoms. The maximum Gasteiger partial charge on any atom is 1.00 e. The Morgan fingerprint density at radius 2 is 1.14 bits per heavy atom. The molecule has 0 aliphatic heterocycles. The molecule has 5 aromatic rings. The van der Waals surface area contributed by atoms with Gasteiger partial charge >= 0.3 is 55.2 Å². The van der Waals surface area contributed by atoms with Crippen molar-refractivity contribution < 1.29 is 107 Å². The van der Waals surface area contributed by atoms with Crippen molar-refractivity contribution in [3.05, 3.63) is 125 Å². The molecule has 0 aliphatic carbocycles. The standard InChI is InChI=1S/C11H5F5N2O.C6H5BF2O2.C6H4BrF3N2O.C5H2BrF3N2O.CH4.Na.H2O/c12-6-2-1-5(3-7(6)13)10-8(19)4-9(17-18-10)11(14,15)16;8-5-2-1-4(7(10)11)3-6(5)9;1-13-3-2-4(6(8,9)10)11-12-5(3)7;6-4-2(12)1-3(10-11-4)5(7,8)9;;;/h1-4H,(H,17,19);1-3,10-11H;2H,1H3;1H,(H,10,12);1H4;;1H2/q;;;;;+1;/p-1. The number of rotatable bonds is 3. The van der Waals surface area contributed by atoms with Gasteiger partial charge < -0.3 is 20.3 Å². The summed E-state index contributed by atoms with van der Waals surface area (Å²) in [5.41, 5.74) is -6.00. The first kappa shape index (κ1) is 56.2. The first-order valence-corrected chi connectivity index (χ1v) is 15.2. The molecule has 0 amide bonds. The van der Waals surface area contributed by atoms with Gasteiger partial charge in [0, 0.05) is 23.8 Å². The van der Waals surface area contributed by atoms with E-state index >= 15 is 0 Å². The van der Waals surface area contributed by atoms with Gasteiger partial charge in [0.05, 0.1) is 7.11 Å². The number of hydrogen-bond acceptors (Lipinski definition) is 10. The van der Waals surface area contributed by atoms with Crippen molar-refractivity contribution in [3.8, 4) is 17.0 Å². The minimum atomic E-state index is -4.74. The monoisotopic (exact) mass is 988 g/mol. The second-order valence-electron chi connectivity index (χ2n) is 9.69. The van der Waals surface area contributed by atoms with Crippen molar-refractivity contribution in [2.75, 3.05) is 7.11 Å². The fourth-order valence-electron chi connectivity index (χ4n) is 3.25. The Hall–Kier alpha value is -3.93. The predicted octanol–water partition coefficient (Wildman–Crippen LogP) is 3.66. The Bertz CT molecular complexity index is 2220. The van der Waals surface area contributed by atoms with E-state index in [0.29, 0.717) is 18.2 Å². The van der Waals surface area contributed by atoms with E-state index in [-0.39, 0.29) is 68.4 Å². The molecule has 0 aliphatic rings. The van der Waals surface area contributed by atoms with Crippen LogP contribution in [0.5, 0.6) is 5.75 Å². The maximum absolute atomic E-state index is 13.0. The van der Waals surface area contributed by atoms with Crippen LogP contribution < -0.4 is 50.6 Å². The summed E-state index contributed by atoms with van der Waals surface area (Å²) in [6.07, 6.45) is -13.8. The molecule has 2 aromatic carbocycles. The van der Waals surface area contributed by atoms with E-state index in [1.807, 2.05) is 0 Å². The Morgan fingerprint density at radius 1 is 0.655 bits per heavy atom. The molecule has 312 valence electrons. The molecule has 0 bridgehead atoms. The van der Waals surface area contributed by atoms with E-state index in [1.54, 1.807) is 10.2 Å². The van der Waals surface area contributed by atoms with E-state index in [2.05, 4.69) is 57.0 Å². The quantitative estimate of drug-likeness (QED) is 0.153. The molecule has 0 radical (unpaired) electrons. The number of hydrogen-bond donors (Lipinski definition) is 4. The molecule has 0 atom stereocenters. The van der Waals surface area contributed by atoms with Crippen molar-refractivity contribution in [1.82, 2.24) is 30.6 Å². The average molecular weight is 990 g/mol. The number of methoxy groups -OCH3 is 1. The first-order chi connectivity index (χ1) is 25.3. The van der Waals surface area contributed by atoms with Crippen LogP contribution in [0.2, 0.25) is 0 Å². The van der Waals surface area contributed by atoms with Crippen LogP contribution in [0.3, 0.4) is 0 Å². The van der Waals surface area contributed by atoms with Gasteiger partial charge in [0.2, 0.25) is 10.9 Å². The predicted molar refractivity (Wildman–Crippen MR) is 179 cm³/mol. The summed E-state index contributed by atoms with van der Waals surface area (Å²) in [7, 11) is -0.507.